The maximum atomic E-state index is 11.7. The first-order chi connectivity index (χ1) is 14.5. The molecule has 0 N–H and O–H groups in total. The summed E-state index contributed by atoms with van der Waals surface area (Å²) >= 11 is 1.72. The van der Waals surface area contributed by atoms with Gasteiger partial charge in [0.25, 0.3) is 0 Å². The van der Waals surface area contributed by atoms with Crippen molar-refractivity contribution in [1.82, 2.24) is 14.4 Å². The Labute approximate surface area is 178 Å². The molecule has 0 saturated heterocycles. The summed E-state index contributed by atoms with van der Waals surface area (Å²) in [6, 6.07) is 19.2. The molecule has 1 aromatic carbocycles. The number of benzene rings is 1. The average Bonchev–Trinajstić information content (AvgIpc) is 3.40. The highest BCUT2D eigenvalue weighted by atomic mass is 32.2. The highest BCUT2D eigenvalue weighted by molar-refractivity contribution is 7.90. The number of sulfone groups is 1. The third-order valence-electron chi connectivity index (χ3n) is 4.95. The van der Waals surface area contributed by atoms with Crippen LogP contribution >= 0.6 is 11.3 Å². The summed E-state index contributed by atoms with van der Waals surface area (Å²) in [6.07, 6.45) is 8.70. The lowest BCUT2D eigenvalue weighted by molar-refractivity contribution is 0.602. The van der Waals surface area contributed by atoms with Crippen molar-refractivity contribution in [1.29, 1.82) is 0 Å². The molecule has 0 amide bonds. The molecular weight excluding hydrogens is 414 g/mol. The summed E-state index contributed by atoms with van der Waals surface area (Å²) < 4.78 is 25.4. The normalized spacial score (nSPS) is 11.8. The van der Waals surface area contributed by atoms with Crippen molar-refractivity contribution in [2.45, 2.75) is 4.90 Å². The molecule has 0 unspecified atom stereocenters. The standard InChI is InChI=1S/C23H17N3O2S2/c1-30(27,28)19-4-2-16(3-5-19)18-10-13-26-20(15-25-23(26)14-18)22-7-6-21(29-22)17-8-11-24-12-9-17/h2-15H,1H3. The third-order valence-corrected chi connectivity index (χ3v) is 7.24. The van der Waals surface area contributed by atoms with Crippen LogP contribution in [0.25, 0.3) is 37.8 Å². The molecule has 5 aromatic rings. The molecule has 0 bridgehead atoms. The third kappa shape index (κ3) is 3.42. The molecule has 0 spiro atoms. The van der Waals surface area contributed by atoms with E-state index in [0.29, 0.717) is 4.90 Å². The zero-order valence-electron chi connectivity index (χ0n) is 16.1. The molecule has 4 heterocycles. The van der Waals surface area contributed by atoms with Crippen molar-refractivity contribution >= 4 is 26.8 Å². The average molecular weight is 432 g/mol. The highest BCUT2D eigenvalue weighted by Gasteiger charge is 2.12. The molecule has 0 aliphatic rings. The van der Waals surface area contributed by atoms with E-state index in [1.807, 2.05) is 48.8 Å². The SMILES string of the molecule is CS(=O)(=O)c1ccc(-c2ccn3c(-c4ccc(-c5ccncc5)s4)cnc3c2)cc1. The van der Waals surface area contributed by atoms with Crippen LogP contribution in [-0.4, -0.2) is 29.0 Å². The van der Waals surface area contributed by atoms with Crippen LogP contribution in [0.5, 0.6) is 0 Å². The van der Waals surface area contributed by atoms with E-state index < -0.39 is 9.84 Å². The molecule has 0 aliphatic carbocycles. The molecule has 148 valence electrons. The van der Waals surface area contributed by atoms with Gasteiger partial charge in [-0.1, -0.05) is 12.1 Å². The van der Waals surface area contributed by atoms with E-state index in [-0.39, 0.29) is 0 Å². The summed E-state index contributed by atoms with van der Waals surface area (Å²) in [4.78, 5) is 11.3. The predicted octanol–water partition coefficient (Wildman–Crippen LogP) is 5.20. The predicted molar refractivity (Wildman–Crippen MR) is 120 cm³/mol. The maximum absolute atomic E-state index is 11.7. The Kier molecular flexibility index (Phi) is 4.49. The van der Waals surface area contributed by atoms with E-state index >= 15 is 0 Å². The monoisotopic (exact) mass is 431 g/mol. The Morgan fingerprint density at radius 3 is 2.30 bits per heavy atom. The second-order valence-corrected chi connectivity index (χ2v) is 10.1. The number of hydrogen-bond donors (Lipinski definition) is 0. The Hall–Kier alpha value is -3.29. The van der Waals surface area contributed by atoms with Crippen LogP contribution in [-0.2, 0) is 9.84 Å². The van der Waals surface area contributed by atoms with Crippen LogP contribution in [0, 0.1) is 0 Å². The summed E-state index contributed by atoms with van der Waals surface area (Å²) in [5.74, 6) is 0. The van der Waals surface area contributed by atoms with Gasteiger partial charge in [0.05, 0.1) is 21.7 Å². The highest BCUT2D eigenvalue weighted by Crippen LogP contribution is 2.35. The number of thiophene rings is 1. The minimum atomic E-state index is -3.20. The summed E-state index contributed by atoms with van der Waals surface area (Å²) in [5.41, 5.74) is 4.96. The molecule has 0 atom stereocenters. The van der Waals surface area contributed by atoms with Gasteiger partial charge < -0.3 is 0 Å². The minimum absolute atomic E-state index is 0.318. The molecule has 0 saturated carbocycles. The topological polar surface area (TPSA) is 64.3 Å². The van der Waals surface area contributed by atoms with Gasteiger partial charge in [0, 0.05) is 29.7 Å². The quantitative estimate of drug-likeness (QED) is 0.393. The fraction of sp³-hybridized carbons (Fsp3) is 0.0435. The Morgan fingerprint density at radius 1 is 0.833 bits per heavy atom. The molecule has 5 nitrogen and oxygen atoms in total. The number of aromatic nitrogens is 3. The summed E-state index contributed by atoms with van der Waals surface area (Å²) in [5, 5.41) is 0. The van der Waals surface area contributed by atoms with Crippen LogP contribution in [0.2, 0.25) is 0 Å². The van der Waals surface area contributed by atoms with E-state index in [1.54, 1.807) is 35.9 Å². The Balaban J connectivity index is 1.50. The van der Waals surface area contributed by atoms with E-state index in [1.165, 1.54) is 11.1 Å². The lowest BCUT2D eigenvalue weighted by atomic mass is 10.1. The lowest BCUT2D eigenvalue weighted by Gasteiger charge is -2.05. The van der Waals surface area contributed by atoms with Gasteiger partial charge in [0.15, 0.2) is 9.84 Å². The van der Waals surface area contributed by atoms with Crippen LogP contribution in [0.4, 0.5) is 0 Å². The van der Waals surface area contributed by atoms with E-state index in [0.717, 1.165) is 32.9 Å². The summed E-state index contributed by atoms with van der Waals surface area (Å²) in [7, 11) is -3.20. The van der Waals surface area contributed by atoms with Gasteiger partial charge in [0.1, 0.15) is 5.65 Å². The molecular formula is C23H17N3O2S2. The second kappa shape index (κ2) is 7.19. The van der Waals surface area contributed by atoms with Gasteiger partial charge in [0.2, 0.25) is 0 Å². The molecule has 30 heavy (non-hydrogen) atoms. The minimum Gasteiger partial charge on any atom is -0.299 e. The van der Waals surface area contributed by atoms with Gasteiger partial charge in [-0.15, -0.1) is 11.3 Å². The first-order valence-corrected chi connectivity index (χ1v) is 12.0. The largest absolute Gasteiger partial charge is 0.299 e. The fourth-order valence-electron chi connectivity index (χ4n) is 3.38. The van der Waals surface area contributed by atoms with Crippen molar-refractivity contribution in [3.05, 3.63) is 85.5 Å². The van der Waals surface area contributed by atoms with E-state index in [9.17, 15) is 8.42 Å². The van der Waals surface area contributed by atoms with Crippen LogP contribution in [0.15, 0.2) is 90.3 Å². The smallest absolute Gasteiger partial charge is 0.175 e. The van der Waals surface area contributed by atoms with Crippen LogP contribution in [0.1, 0.15) is 0 Å². The van der Waals surface area contributed by atoms with Gasteiger partial charge in [-0.25, -0.2) is 13.4 Å². The number of nitrogens with zero attached hydrogens (tertiary/aromatic N) is 3. The van der Waals surface area contributed by atoms with Gasteiger partial charge in [-0.05, 0) is 65.2 Å². The molecule has 0 fully saturated rings. The van der Waals surface area contributed by atoms with Crippen molar-refractivity contribution in [3.63, 3.8) is 0 Å². The molecule has 0 radical (unpaired) electrons. The Bertz CT molecular complexity index is 1450. The number of rotatable bonds is 4. The van der Waals surface area contributed by atoms with Crippen LogP contribution in [0.3, 0.4) is 0 Å². The fourth-order valence-corrected chi connectivity index (χ4v) is 5.03. The number of fused-ring (bicyclic) bond motifs is 1. The van der Waals surface area contributed by atoms with Crippen LogP contribution < -0.4 is 0 Å². The lowest BCUT2D eigenvalue weighted by Crippen LogP contribution is -1.96. The molecule has 0 aliphatic heterocycles. The Morgan fingerprint density at radius 2 is 1.57 bits per heavy atom. The zero-order valence-corrected chi connectivity index (χ0v) is 17.7. The number of imidazole rings is 1. The second-order valence-electron chi connectivity index (χ2n) is 6.98. The van der Waals surface area contributed by atoms with Gasteiger partial charge in [-0.3, -0.25) is 9.38 Å². The van der Waals surface area contributed by atoms with Gasteiger partial charge in [-0.2, -0.15) is 0 Å². The first kappa shape index (κ1) is 18.7. The maximum Gasteiger partial charge on any atom is 0.175 e. The van der Waals surface area contributed by atoms with Gasteiger partial charge >= 0.3 is 0 Å². The number of hydrogen-bond acceptors (Lipinski definition) is 5. The first-order valence-electron chi connectivity index (χ1n) is 9.27. The molecule has 4 aromatic heterocycles. The molecule has 7 heteroatoms. The van der Waals surface area contributed by atoms with Crippen molar-refractivity contribution in [3.8, 4) is 32.1 Å². The zero-order chi connectivity index (χ0) is 20.7. The van der Waals surface area contributed by atoms with Crippen molar-refractivity contribution < 1.29 is 8.42 Å². The van der Waals surface area contributed by atoms with E-state index in [4.69, 9.17) is 0 Å². The molecule has 5 rings (SSSR count). The van der Waals surface area contributed by atoms with E-state index in [2.05, 4.69) is 26.5 Å². The van der Waals surface area contributed by atoms with Crippen molar-refractivity contribution in [2.75, 3.05) is 6.26 Å². The number of pyridine rings is 2. The van der Waals surface area contributed by atoms with Crippen molar-refractivity contribution in [2.24, 2.45) is 0 Å². The summed E-state index contributed by atoms with van der Waals surface area (Å²) in [6.45, 7) is 0.